The molecule has 3 rings (SSSR count). The zero-order valence-electron chi connectivity index (χ0n) is 10.3. The summed E-state index contributed by atoms with van der Waals surface area (Å²) in [5.74, 6) is -0.885. The van der Waals surface area contributed by atoms with Gasteiger partial charge in [0.15, 0.2) is 0 Å². The monoisotopic (exact) mass is 269 g/mol. The maximum absolute atomic E-state index is 11.4. The first-order valence-corrected chi connectivity index (χ1v) is 5.88. The molecule has 0 spiro atoms. The molecule has 1 aromatic heterocycles. The minimum atomic E-state index is -0.789. The molecule has 1 heterocycles. The molecule has 6 nitrogen and oxygen atoms in total. The predicted molar refractivity (Wildman–Crippen MR) is 75.4 cm³/mol. The Morgan fingerprint density at radius 2 is 1.75 bits per heavy atom. The van der Waals surface area contributed by atoms with Crippen LogP contribution >= 0.6 is 0 Å². The first-order valence-electron chi connectivity index (χ1n) is 5.88. The number of rotatable bonds is 2. The number of hydrogen-bond donors (Lipinski definition) is 3. The second-order valence-corrected chi connectivity index (χ2v) is 4.32. The van der Waals surface area contributed by atoms with Gasteiger partial charge in [-0.15, -0.1) is 0 Å². The molecule has 0 aliphatic rings. The second kappa shape index (κ2) is 4.27. The van der Waals surface area contributed by atoms with Crippen molar-refractivity contribution in [3.63, 3.8) is 0 Å². The number of hydrogen-bond acceptors (Lipinski definition) is 3. The molecule has 0 saturated heterocycles. The third-order valence-electron chi connectivity index (χ3n) is 3.05. The van der Waals surface area contributed by atoms with Crippen molar-refractivity contribution in [2.75, 3.05) is 5.32 Å². The maximum Gasteiger partial charge on any atom is 0.316 e. The van der Waals surface area contributed by atoms with Gasteiger partial charge in [0.2, 0.25) is 5.76 Å². The number of carbonyl (C=O) groups excluding carboxylic acids is 2. The van der Waals surface area contributed by atoms with Gasteiger partial charge in [0.05, 0.1) is 0 Å². The van der Waals surface area contributed by atoms with E-state index in [0.717, 1.165) is 10.8 Å². The Bertz CT molecular complexity index is 851. The van der Waals surface area contributed by atoms with Crippen LogP contribution in [0.15, 0.2) is 40.8 Å². The third-order valence-corrected chi connectivity index (χ3v) is 3.05. The van der Waals surface area contributed by atoms with E-state index in [4.69, 9.17) is 15.9 Å². The van der Waals surface area contributed by atoms with Crippen molar-refractivity contribution in [1.29, 1.82) is 0 Å². The van der Waals surface area contributed by atoms with E-state index in [1.165, 1.54) is 0 Å². The molecular formula is C14H11N3O3. The standard InChI is InChI=1S/C14H11N3O3/c15-13(18)12-10(17-14(16)19)9-6-5-7-3-1-2-4-8(7)11(9)20-12/h1-6H,(H2,15,18)(H3,16,17,19). The average Bonchev–Trinajstić information content (AvgIpc) is 2.77. The van der Waals surface area contributed by atoms with Gasteiger partial charge in [-0.25, -0.2) is 4.79 Å². The number of furan rings is 1. The zero-order valence-corrected chi connectivity index (χ0v) is 10.3. The van der Waals surface area contributed by atoms with Gasteiger partial charge in [-0.1, -0.05) is 30.3 Å². The number of fused-ring (bicyclic) bond motifs is 3. The number of amides is 3. The highest BCUT2D eigenvalue weighted by atomic mass is 16.3. The summed E-state index contributed by atoms with van der Waals surface area (Å²) < 4.78 is 5.53. The number of primary amides is 2. The molecule has 3 amide bonds. The van der Waals surface area contributed by atoms with E-state index in [1.54, 1.807) is 6.07 Å². The summed E-state index contributed by atoms with van der Waals surface area (Å²) in [4.78, 5) is 22.5. The van der Waals surface area contributed by atoms with Crippen molar-refractivity contribution < 1.29 is 14.0 Å². The number of nitrogens with two attached hydrogens (primary N) is 2. The number of benzene rings is 2. The molecule has 0 radical (unpaired) electrons. The molecule has 20 heavy (non-hydrogen) atoms. The lowest BCUT2D eigenvalue weighted by Crippen LogP contribution is -2.21. The van der Waals surface area contributed by atoms with Crippen LogP contribution in [0.1, 0.15) is 10.6 Å². The van der Waals surface area contributed by atoms with Crippen LogP contribution < -0.4 is 16.8 Å². The molecule has 0 aliphatic carbocycles. The number of nitrogens with one attached hydrogen (secondary N) is 1. The molecule has 0 unspecified atom stereocenters. The van der Waals surface area contributed by atoms with Crippen LogP contribution in [0.25, 0.3) is 21.7 Å². The van der Waals surface area contributed by atoms with Gasteiger partial charge in [0, 0.05) is 10.8 Å². The van der Waals surface area contributed by atoms with Crippen LogP contribution in [-0.2, 0) is 0 Å². The number of carbonyl (C=O) groups is 2. The van der Waals surface area contributed by atoms with Crippen LogP contribution in [0.4, 0.5) is 10.5 Å². The minimum absolute atomic E-state index is 0.116. The van der Waals surface area contributed by atoms with E-state index < -0.39 is 11.9 Å². The van der Waals surface area contributed by atoms with Crippen molar-refractivity contribution in [2.24, 2.45) is 11.5 Å². The third kappa shape index (κ3) is 1.74. The van der Waals surface area contributed by atoms with Crippen molar-refractivity contribution >= 4 is 39.4 Å². The highest BCUT2D eigenvalue weighted by molar-refractivity contribution is 6.16. The Morgan fingerprint density at radius 3 is 2.45 bits per heavy atom. The zero-order chi connectivity index (χ0) is 14.3. The second-order valence-electron chi connectivity index (χ2n) is 4.32. The molecule has 2 aromatic carbocycles. The van der Waals surface area contributed by atoms with Crippen molar-refractivity contribution in [3.05, 3.63) is 42.2 Å². The fourth-order valence-corrected chi connectivity index (χ4v) is 2.25. The highest BCUT2D eigenvalue weighted by Crippen LogP contribution is 2.35. The highest BCUT2D eigenvalue weighted by Gasteiger charge is 2.20. The Kier molecular flexibility index (Phi) is 2.57. The van der Waals surface area contributed by atoms with Crippen LogP contribution in [-0.4, -0.2) is 11.9 Å². The Balaban J connectivity index is 2.40. The van der Waals surface area contributed by atoms with Crippen LogP contribution in [0.2, 0.25) is 0 Å². The maximum atomic E-state index is 11.4. The summed E-state index contributed by atoms with van der Waals surface area (Å²) in [6.07, 6.45) is 0. The summed E-state index contributed by atoms with van der Waals surface area (Å²) in [5, 5.41) is 4.74. The first-order chi connectivity index (χ1) is 9.58. The predicted octanol–water partition coefficient (Wildman–Crippen LogP) is 2.18. The lowest BCUT2D eigenvalue weighted by Gasteiger charge is -2.01. The van der Waals surface area contributed by atoms with E-state index in [0.29, 0.717) is 11.0 Å². The van der Waals surface area contributed by atoms with E-state index in [2.05, 4.69) is 5.32 Å². The van der Waals surface area contributed by atoms with E-state index in [1.807, 2.05) is 30.3 Å². The average molecular weight is 269 g/mol. The molecule has 0 bridgehead atoms. The van der Waals surface area contributed by atoms with E-state index >= 15 is 0 Å². The summed E-state index contributed by atoms with van der Waals surface area (Å²) in [6.45, 7) is 0. The fourth-order valence-electron chi connectivity index (χ4n) is 2.25. The van der Waals surface area contributed by atoms with Gasteiger partial charge in [-0.2, -0.15) is 0 Å². The summed E-state index contributed by atoms with van der Waals surface area (Å²) in [7, 11) is 0. The van der Waals surface area contributed by atoms with Crippen LogP contribution in [0, 0.1) is 0 Å². The molecule has 0 aliphatic heterocycles. The van der Waals surface area contributed by atoms with E-state index in [-0.39, 0.29) is 11.4 Å². The summed E-state index contributed by atoms with van der Waals surface area (Å²) >= 11 is 0. The fraction of sp³-hybridized carbons (Fsp3) is 0. The smallest absolute Gasteiger partial charge is 0.316 e. The summed E-state index contributed by atoms with van der Waals surface area (Å²) in [6, 6.07) is 10.4. The lowest BCUT2D eigenvalue weighted by molar-refractivity contribution is 0.0977. The van der Waals surface area contributed by atoms with E-state index in [9.17, 15) is 9.59 Å². The topological polar surface area (TPSA) is 111 Å². The van der Waals surface area contributed by atoms with Crippen LogP contribution in [0.3, 0.4) is 0 Å². The van der Waals surface area contributed by atoms with Gasteiger partial charge >= 0.3 is 6.03 Å². The summed E-state index contributed by atoms with van der Waals surface area (Å²) in [5.41, 5.74) is 11.1. The van der Waals surface area contributed by atoms with Gasteiger partial charge in [0.1, 0.15) is 11.3 Å². The molecule has 5 N–H and O–H groups in total. The quantitative estimate of drug-likeness (QED) is 0.662. The SMILES string of the molecule is NC(=O)Nc1c(C(N)=O)oc2c1ccc1ccccc12. The van der Waals surface area contributed by atoms with Gasteiger partial charge in [0.25, 0.3) is 5.91 Å². The van der Waals surface area contributed by atoms with Crippen molar-refractivity contribution in [2.45, 2.75) is 0 Å². The van der Waals surface area contributed by atoms with Gasteiger partial charge < -0.3 is 21.2 Å². The first kappa shape index (κ1) is 12.0. The molecule has 100 valence electrons. The van der Waals surface area contributed by atoms with Crippen molar-refractivity contribution in [1.82, 2.24) is 0 Å². The molecule has 3 aromatic rings. The number of anilines is 1. The number of urea groups is 1. The molecule has 0 atom stereocenters. The molecule has 0 fully saturated rings. The Hall–Kier alpha value is -3.02. The Labute approximate surface area is 113 Å². The molecule has 6 heteroatoms. The molecular weight excluding hydrogens is 258 g/mol. The van der Waals surface area contributed by atoms with Gasteiger partial charge in [-0.05, 0) is 11.5 Å². The van der Waals surface area contributed by atoms with Crippen molar-refractivity contribution in [3.8, 4) is 0 Å². The largest absolute Gasteiger partial charge is 0.448 e. The normalized spacial score (nSPS) is 10.8. The molecule has 0 saturated carbocycles. The lowest BCUT2D eigenvalue weighted by atomic mass is 10.1. The van der Waals surface area contributed by atoms with Gasteiger partial charge in [-0.3, -0.25) is 4.79 Å². The Morgan fingerprint density at radius 1 is 1.00 bits per heavy atom. The minimum Gasteiger partial charge on any atom is -0.448 e. The van der Waals surface area contributed by atoms with Crippen LogP contribution in [0.5, 0.6) is 0 Å².